The van der Waals surface area contributed by atoms with E-state index in [1.54, 1.807) is 0 Å². The van der Waals surface area contributed by atoms with E-state index in [1.807, 2.05) is 0 Å². The zero-order chi connectivity index (χ0) is 8.57. The molecule has 0 saturated heterocycles. The van der Waals surface area contributed by atoms with Crippen molar-refractivity contribution in [3.63, 3.8) is 0 Å². The standard InChI is InChI=1S/2C2H7N3.4HI/c2*3-1-2(4)5;;;;/h2*1H,3-5H2;4*1H. The summed E-state index contributed by atoms with van der Waals surface area (Å²) >= 11 is 0. The first-order chi connectivity index (χ1) is 4.54. The molecule has 0 aliphatic carbocycles. The van der Waals surface area contributed by atoms with Crippen molar-refractivity contribution in [3.05, 3.63) is 24.0 Å². The maximum absolute atomic E-state index is 4.81. The Balaban J connectivity index is -0.0000000178. The molecular formula is C4H18I4N6. The van der Waals surface area contributed by atoms with Gasteiger partial charge in [0, 0.05) is 12.4 Å². The van der Waals surface area contributed by atoms with E-state index in [2.05, 4.69) is 0 Å². The average Bonchev–Trinajstić information content (AvgIpc) is 1.89. The van der Waals surface area contributed by atoms with Gasteiger partial charge in [0.25, 0.3) is 0 Å². The third-order valence-electron chi connectivity index (χ3n) is 0.385. The Hall–Kier alpha value is 1.20. The van der Waals surface area contributed by atoms with Crippen LogP contribution in [-0.2, 0) is 0 Å². The molecule has 0 fully saturated rings. The van der Waals surface area contributed by atoms with Gasteiger partial charge in [0.1, 0.15) is 11.6 Å². The van der Waals surface area contributed by atoms with E-state index in [0.29, 0.717) is 0 Å². The van der Waals surface area contributed by atoms with Gasteiger partial charge in [0.15, 0.2) is 0 Å². The fourth-order valence-corrected chi connectivity index (χ4v) is 0. The lowest BCUT2D eigenvalue weighted by Crippen LogP contribution is -2.09. The molecule has 0 bridgehead atoms. The zero-order valence-electron chi connectivity index (χ0n) is 7.25. The number of halogens is 4. The normalized spacial score (nSPS) is 4.57. The molecule has 0 heterocycles. The Bertz CT molecular complexity index is 114. The first-order valence-corrected chi connectivity index (χ1v) is 2.40. The van der Waals surface area contributed by atoms with Crippen molar-refractivity contribution in [2.45, 2.75) is 0 Å². The molecule has 0 aromatic carbocycles. The Morgan fingerprint density at radius 2 is 0.643 bits per heavy atom. The van der Waals surface area contributed by atoms with Crippen LogP contribution in [0.1, 0.15) is 0 Å². The van der Waals surface area contributed by atoms with Gasteiger partial charge >= 0.3 is 0 Å². The number of nitrogens with two attached hydrogens (primary N) is 6. The van der Waals surface area contributed by atoms with E-state index in [9.17, 15) is 0 Å². The predicted octanol–water partition coefficient (Wildman–Crippen LogP) is -0.205. The van der Waals surface area contributed by atoms with Gasteiger partial charge in [-0.15, -0.1) is 95.9 Å². The topological polar surface area (TPSA) is 156 Å². The van der Waals surface area contributed by atoms with Crippen LogP contribution in [0.4, 0.5) is 0 Å². The van der Waals surface area contributed by atoms with E-state index >= 15 is 0 Å². The summed E-state index contributed by atoms with van der Waals surface area (Å²) in [5, 5.41) is 0. The molecule has 0 spiro atoms. The number of rotatable bonds is 0. The fraction of sp³-hybridized carbons (Fsp3) is 0. The van der Waals surface area contributed by atoms with Crippen LogP contribution in [0.25, 0.3) is 0 Å². The van der Waals surface area contributed by atoms with Crippen LogP contribution < -0.4 is 34.4 Å². The number of hydrogen-bond acceptors (Lipinski definition) is 6. The SMILES string of the molecule is I.I.I.I.NC=C(N)N.NC=C(N)N. The summed E-state index contributed by atoms with van der Waals surface area (Å²) in [5.74, 6) is 0.315. The highest BCUT2D eigenvalue weighted by Crippen LogP contribution is 1.49. The van der Waals surface area contributed by atoms with Crippen LogP contribution in [-0.4, -0.2) is 0 Å². The van der Waals surface area contributed by atoms with Gasteiger partial charge in [-0.25, -0.2) is 0 Å². The molecule has 92 valence electrons. The second kappa shape index (κ2) is 29.2. The van der Waals surface area contributed by atoms with E-state index in [0.717, 1.165) is 12.4 Å². The third kappa shape index (κ3) is 72.7. The molecule has 0 aliphatic rings. The highest BCUT2D eigenvalue weighted by Gasteiger charge is 1.60. The van der Waals surface area contributed by atoms with Gasteiger partial charge in [0.2, 0.25) is 0 Å². The molecule has 6 nitrogen and oxygen atoms in total. The fourth-order valence-electron chi connectivity index (χ4n) is 0. The summed E-state index contributed by atoms with van der Waals surface area (Å²) in [7, 11) is 0. The average molecular weight is 658 g/mol. The summed E-state index contributed by atoms with van der Waals surface area (Å²) in [4.78, 5) is 0. The Labute approximate surface area is 152 Å². The first kappa shape index (κ1) is 36.2. The molecule has 0 atom stereocenters. The molecule has 14 heavy (non-hydrogen) atoms. The second-order valence-electron chi connectivity index (χ2n) is 1.33. The molecule has 10 heteroatoms. The summed E-state index contributed by atoms with van der Waals surface area (Å²) in [6, 6.07) is 0. The van der Waals surface area contributed by atoms with Crippen LogP contribution in [0, 0.1) is 0 Å². The molecule has 0 radical (unpaired) electrons. The zero-order valence-corrected chi connectivity index (χ0v) is 16.6. The van der Waals surface area contributed by atoms with Crippen LogP contribution >= 0.6 is 95.9 Å². The lowest BCUT2D eigenvalue weighted by molar-refractivity contribution is 1.22. The van der Waals surface area contributed by atoms with Crippen LogP contribution in [0.15, 0.2) is 24.0 Å². The van der Waals surface area contributed by atoms with Gasteiger partial charge in [-0.1, -0.05) is 0 Å². The molecule has 0 saturated carbocycles. The summed E-state index contributed by atoms with van der Waals surface area (Å²) in [6.45, 7) is 0. The lowest BCUT2D eigenvalue weighted by Gasteiger charge is -1.78. The Morgan fingerprint density at radius 3 is 0.643 bits per heavy atom. The van der Waals surface area contributed by atoms with Crippen LogP contribution in [0.2, 0.25) is 0 Å². The molecule has 0 aromatic rings. The smallest absolute Gasteiger partial charge is 0.109 e. The molecule has 0 amide bonds. The second-order valence-corrected chi connectivity index (χ2v) is 1.33. The third-order valence-corrected chi connectivity index (χ3v) is 0.385. The lowest BCUT2D eigenvalue weighted by atomic mass is 10.8. The van der Waals surface area contributed by atoms with Crippen molar-refractivity contribution in [1.29, 1.82) is 0 Å². The van der Waals surface area contributed by atoms with Crippen molar-refractivity contribution < 1.29 is 0 Å². The van der Waals surface area contributed by atoms with Crippen LogP contribution in [0.5, 0.6) is 0 Å². The van der Waals surface area contributed by atoms with E-state index in [4.69, 9.17) is 34.4 Å². The summed E-state index contributed by atoms with van der Waals surface area (Å²) < 4.78 is 0. The molecular weight excluding hydrogens is 640 g/mol. The minimum absolute atomic E-state index is 0. The van der Waals surface area contributed by atoms with E-state index in [-0.39, 0.29) is 108 Å². The van der Waals surface area contributed by atoms with E-state index in [1.165, 1.54) is 0 Å². The molecule has 12 N–H and O–H groups in total. The van der Waals surface area contributed by atoms with Gasteiger partial charge in [-0.2, -0.15) is 0 Å². The summed E-state index contributed by atoms with van der Waals surface area (Å²) in [5.41, 5.74) is 28.7. The minimum atomic E-state index is 0. The molecule has 0 aromatic heterocycles. The summed E-state index contributed by atoms with van der Waals surface area (Å²) in [6.07, 6.45) is 2.28. The Kier molecular flexibility index (Phi) is 75.6. The van der Waals surface area contributed by atoms with Gasteiger partial charge < -0.3 is 34.4 Å². The van der Waals surface area contributed by atoms with Gasteiger partial charge in [-0.05, 0) is 0 Å². The van der Waals surface area contributed by atoms with Crippen LogP contribution in [0.3, 0.4) is 0 Å². The highest BCUT2D eigenvalue weighted by atomic mass is 127. The van der Waals surface area contributed by atoms with Gasteiger partial charge in [0.05, 0.1) is 0 Å². The van der Waals surface area contributed by atoms with Crippen molar-refractivity contribution in [3.8, 4) is 0 Å². The van der Waals surface area contributed by atoms with Crippen molar-refractivity contribution >= 4 is 95.9 Å². The maximum atomic E-state index is 4.81. The van der Waals surface area contributed by atoms with Crippen molar-refractivity contribution in [2.24, 2.45) is 34.4 Å². The monoisotopic (exact) mass is 658 g/mol. The highest BCUT2D eigenvalue weighted by molar-refractivity contribution is 14.0. The molecule has 0 rings (SSSR count). The molecule has 0 unspecified atom stereocenters. The first-order valence-electron chi connectivity index (χ1n) is 2.40. The van der Waals surface area contributed by atoms with E-state index < -0.39 is 0 Å². The van der Waals surface area contributed by atoms with Crippen molar-refractivity contribution in [2.75, 3.05) is 0 Å². The number of hydrogen-bond donors (Lipinski definition) is 6. The molecule has 0 aliphatic heterocycles. The van der Waals surface area contributed by atoms with Crippen molar-refractivity contribution in [1.82, 2.24) is 0 Å². The predicted molar refractivity (Wildman–Crippen MR) is 103 cm³/mol. The quantitative estimate of drug-likeness (QED) is 0.198. The maximum Gasteiger partial charge on any atom is 0.109 e. The van der Waals surface area contributed by atoms with Gasteiger partial charge in [-0.3, -0.25) is 0 Å². The minimum Gasteiger partial charge on any atom is -0.402 e. The Morgan fingerprint density at radius 1 is 0.571 bits per heavy atom. The largest absolute Gasteiger partial charge is 0.402 e.